The summed E-state index contributed by atoms with van der Waals surface area (Å²) in [6.07, 6.45) is 0. The fourth-order valence-electron chi connectivity index (χ4n) is 1.03. The highest BCUT2D eigenvalue weighted by molar-refractivity contribution is 5.99. The van der Waals surface area contributed by atoms with E-state index in [0.29, 0.717) is 11.4 Å². The maximum atomic E-state index is 10.8. The van der Waals surface area contributed by atoms with E-state index in [0.717, 1.165) is 5.56 Å². The second kappa shape index (κ2) is 2.73. The molecule has 0 radical (unpaired) electrons. The lowest BCUT2D eigenvalue weighted by molar-refractivity contribution is 0.100. The zero-order chi connectivity index (χ0) is 9.30. The van der Waals surface area contributed by atoms with Crippen LogP contribution in [0.15, 0.2) is 12.1 Å². The highest BCUT2D eigenvalue weighted by Gasteiger charge is 2.08. The SMILES string of the molecule is Cc1cc(N)cc(C(N)=O)c1N. The van der Waals surface area contributed by atoms with Gasteiger partial charge in [-0.25, -0.2) is 0 Å². The van der Waals surface area contributed by atoms with Crippen molar-refractivity contribution in [2.75, 3.05) is 11.5 Å². The van der Waals surface area contributed by atoms with E-state index >= 15 is 0 Å². The Kier molecular flexibility index (Phi) is 1.91. The smallest absolute Gasteiger partial charge is 0.250 e. The van der Waals surface area contributed by atoms with Crippen LogP contribution < -0.4 is 17.2 Å². The second-order valence-corrected chi connectivity index (χ2v) is 2.66. The third-order valence-electron chi connectivity index (χ3n) is 1.67. The van der Waals surface area contributed by atoms with Crippen LogP contribution in [0.2, 0.25) is 0 Å². The molecule has 1 aromatic carbocycles. The summed E-state index contributed by atoms with van der Waals surface area (Å²) in [4.78, 5) is 10.8. The standard InChI is InChI=1S/C8H11N3O/c1-4-2-5(9)3-6(7(4)10)8(11)12/h2-3H,9-10H2,1H3,(H2,11,12). The predicted molar refractivity (Wildman–Crippen MR) is 48.5 cm³/mol. The van der Waals surface area contributed by atoms with Gasteiger partial charge in [0.05, 0.1) is 5.56 Å². The summed E-state index contributed by atoms with van der Waals surface area (Å²) < 4.78 is 0. The van der Waals surface area contributed by atoms with Gasteiger partial charge < -0.3 is 17.2 Å². The molecular weight excluding hydrogens is 154 g/mol. The van der Waals surface area contributed by atoms with Gasteiger partial charge in [0.15, 0.2) is 0 Å². The molecule has 1 rings (SSSR count). The number of primary amides is 1. The molecule has 64 valence electrons. The van der Waals surface area contributed by atoms with Crippen LogP contribution in [0.1, 0.15) is 15.9 Å². The molecule has 6 N–H and O–H groups in total. The van der Waals surface area contributed by atoms with Crippen molar-refractivity contribution in [3.05, 3.63) is 23.3 Å². The predicted octanol–water partition coefficient (Wildman–Crippen LogP) is 0.258. The minimum atomic E-state index is -0.553. The molecule has 1 aromatic rings. The summed E-state index contributed by atoms with van der Waals surface area (Å²) in [5.41, 5.74) is 18.1. The molecule has 4 nitrogen and oxygen atoms in total. The normalized spacial score (nSPS) is 9.75. The zero-order valence-electron chi connectivity index (χ0n) is 6.79. The Labute approximate surface area is 70.3 Å². The summed E-state index contributed by atoms with van der Waals surface area (Å²) in [7, 11) is 0. The van der Waals surface area contributed by atoms with Gasteiger partial charge in [-0.2, -0.15) is 0 Å². The van der Waals surface area contributed by atoms with Gasteiger partial charge in [0, 0.05) is 11.4 Å². The molecule has 12 heavy (non-hydrogen) atoms. The Morgan fingerprint density at radius 3 is 2.42 bits per heavy atom. The minimum Gasteiger partial charge on any atom is -0.399 e. The molecule has 4 heteroatoms. The lowest BCUT2D eigenvalue weighted by Gasteiger charge is -2.06. The monoisotopic (exact) mass is 165 g/mol. The first-order valence-corrected chi connectivity index (χ1v) is 3.47. The van der Waals surface area contributed by atoms with E-state index in [1.165, 1.54) is 6.07 Å². The molecule has 0 aliphatic rings. The number of amides is 1. The van der Waals surface area contributed by atoms with Crippen molar-refractivity contribution in [1.29, 1.82) is 0 Å². The lowest BCUT2D eigenvalue weighted by atomic mass is 10.1. The summed E-state index contributed by atoms with van der Waals surface area (Å²) >= 11 is 0. The molecule has 0 saturated heterocycles. The first-order valence-electron chi connectivity index (χ1n) is 3.47. The van der Waals surface area contributed by atoms with Crippen LogP contribution >= 0.6 is 0 Å². The van der Waals surface area contributed by atoms with Crippen molar-refractivity contribution in [2.45, 2.75) is 6.92 Å². The van der Waals surface area contributed by atoms with E-state index in [1.807, 2.05) is 0 Å². The maximum absolute atomic E-state index is 10.8. The van der Waals surface area contributed by atoms with Crippen molar-refractivity contribution in [2.24, 2.45) is 5.73 Å². The number of carbonyl (C=O) groups excluding carboxylic acids is 1. The molecule has 1 amide bonds. The van der Waals surface area contributed by atoms with Crippen molar-refractivity contribution in [3.8, 4) is 0 Å². The van der Waals surface area contributed by atoms with Crippen LogP contribution in [0.25, 0.3) is 0 Å². The lowest BCUT2D eigenvalue weighted by Crippen LogP contribution is -2.14. The fourth-order valence-corrected chi connectivity index (χ4v) is 1.03. The molecule has 0 aliphatic heterocycles. The topological polar surface area (TPSA) is 95.1 Å². The number of nitrogens with two attached hydrogens (primary N) is 3. The summed E-state index contributed by atoms with van der Waals surface area (Å²) in [6, 6.07) is 3.17. The van der Waals surface area contributed by atoms with Gasteiger partial charge in [-0.1, -0.05) is 0 Å². The maximum Gasteiger partial charge on any atom is 0.250 e. The van der Waals surface area contributed by atoms with Crippen LogP contribution in [0.3, 0.4) is 0 Å². The molecule has 0 spiro atoms. The third kappa shape index (κ3) is 1.32. The van der Waals surface area contributed by atoms with E-state index < -0.39 is 5.91 Å². The third-order valence-corrected chi connectivity index (χ3v) is 1.67. The molecule has 0 saturated carbocycles. The van der Waals surface area contributed by atoms with Gasteiger partial charge in [-0.15, -0.1) is 0 Å². The van der Waals surface area contributed by atoms with Crippen LogP contribution in [-0.4, -0.2) is 5.91 Å². The van der Waals surface area contributed by atoms with Crippen LogP contribution in [0, 0.1) is 6.92 Å². The number of hydrogen-bond donors (Lipinski definition) is 3. The Bertz CT molecular complexity index is 333. The first kappa shape index (κ1) is 8.39. The number of carbonyl (C=O) groups is 1. The number of nitrogen functional groups attached to an aromatic ring is 2. The van der Waals surface area contributed by atoms with E-state index in [2.05, 4.69) is 0 Å². The molecule has 0 bridgehead atoms. The highest BCUT2D eigenvalue weighted by Crippen LogP contribution is 2.19. The molecule has 0 aliphatic carbocycles. The average Bonchev–Trinajstić information content (AvgIpc) is 1.96. The van der Waals surface area contributed by atoms with Crippen LogP contribution in [-0.2, 0) is 0 Å². The van der Waals surface area contributed by atoms with Crippen molar-refractivity contribution >= 4 is 17.3 Å². The Morgan fingerprint density at radius 1 is 1.33 bits per heavy atom. The second-order valence-electron chi connectivity index (χ2n) is 2.66. The van der Waals surface area contributed by atoms with Gasteiger partial charge in [-0.3, -0.25) is 4.79 Å². The fraction of sp³-hybridized carbons (Fsp3) is 0.125. The largest absolute Gasteiger partial charge is 0.399 e. The quantitative estimate of drug-likeness (QED) is 0.521. The van der Waals surface area contributed by atoms with Gasteiger partial charge in [0.2, 0.25) is 0 Å². The summed E-state index contributed by atoms with van der Waals surface area (Å²) in [5, 5.41) is 0. The number of benzene rings is 1. The van der Waals surface area contributed by atoms with Crippen molar-refractivity contribution in [1.82, 2.24) is 0 Å². The molecule has 0 unspecified atom stereocenters. The summed E-state index contributed by atoms with van der Waals surface area (Å²) in [6.45, 7) is 1.78. The first-order chi connectivity index (χ1) is 5.52. The Hall–Kier alpha value is -1.71. The number of aryl methyl sites for hydroxylation is 1. The molecular formula is C8H11N3O. The van der Waals surface area contributed by atoms with Crippen molar-refractivity contribution < 1.29 is 4.79 Å². The van der Waals surface area contributed by atoms with E-state index in [4.69, 9.17) is 17.2 Å². The van der Waals surface area contributed by atoms with Crippen LogP contribution in [0.4, 0.5) is 11.4 Å². The Balaban J connectivity index is 3.37. The minimum absolute atomic E-state index is 0.285. The number of hydrogen-bond acceptors (Lipinski definition) is 3. The molecule has 0 atom stereocenters. The molecule has 0 aromatic heterocycles. The van der Waals surface area contributed by atoms with Gasteiger partial charge in [0.1, 0.15) is 0 Å². The number of rotatable bonds is 1. The molecule has 0 fully saturated rings. The summed E-state index contributed by atoms with van der Waals surface area (Å²) in [5.74, 6) is -0.553. The number of anilines is 2. The van der Waals surface area contributed by atoms with Crippen LogP contribution in [0.5, 0.6) is 0 Å². The highest BCUT2D eigenvalue weighted by atomic mass is 16.1. The Morgan fingerprint density at radius 2 is 1.92 bits per heavy atom. The van der Waals surface area contributed by atoms with E-state index in [9.17, 15) is 4.79 Å². The van der Waals surface area contributed by atoms with Gasteiger partial charge >= 0.3 is 0 Å². The van der Waals surface area contributed by atoms with Crippen molar-refractivity contribution in [3.63, 3.8) is 0 Å². The zero-order valence-corrected chi connectivity index (χ0v) is 6.79. The van der Waals surface area contributed by atoms with Gasteiger partial charge in [0.25, 0.3) is 5.91 Å². The van der Waals surface area contributed by atoms with E-state index in [-0.39, 0.29) is 5.56 Å². The molecule has 0 heterocycles. The average molecular weight is 165 g/mol. The van der Waals surface area contributed by atoms with Gasteiger partial charge in [-0.05, 0) is 24.6 Å². The van der Waals surface area contributed by atoms with E-state index in [1.54, 1.807) is 13.0 Å².